The van der Waals surface area contributed by atoms with Gasteiger partial charge in [0.05, 0.1) is 18.7 Å². The molecule has 1 amide bonds. The van der Waals surface area contributed by atoms with Crippen molar-refractivity contribution >= 4 is 40.1 Å². The van der Waals surface area contributed by atoms with Crippen LogP contribution in [0.15, 0.2) is 48.5 Å². The van der Waals surface area contributed by atoms with Crippen molar-refractivity contribution < 1.29 is 9.53 Å². The zero-order valence-electron chi connectivity index (χ0n) is 11.8. The molecule has 1 heterocycles. The fourth-order valence-electron chi connectivity index (χ4n) is 2.52. The zero-order valence-corrected chi connectivity index (χ0v) is 14.8. The first-order valence-electron chi connectivity index (χ1n) is 7.06. The van der Waals surface area contributed by atoms with Crippen LogP contribution in [0.4, 0.5) is 0 Å². The van der Waals surface area contributed by atoms with Gasteiger partial charge in [-0.2, -0.15) is 0 Å². The summed E-state index contributed by atoms with van der Waals surface area (Å²) in [5, 5.41) is 0.700. The van der Waals surface area contributed by atoms with Gasteiger partial charge in [-0.05, 0) is 52.4 Å². The lowest BCUT2D eigenvalue weighted by atomic mass is 10.1. The highest BCUT2D eigenvalue weighted by atomic mass is 127. The van der Waals surface area contributed by atoms with Crippen LogP contribution in [0.1, 0.15) is 22.0 Å². The molecule has 2 aromatic carbocycles. The van der Waals surface area contributed by atoms with Gasteiger partial charge in [0.15, 0.2) is 0 Å². The minimum atomic E-state index is -0.101. The molecule has 1 aliphatic rings. The van der Waals surface area contributed by atoms with E-state index in [2.05, 4.69) is 22.6 Å². The van der Waals surface area contributed by atoms with E-state index in [1.807, 2.05) is 53.4 Å². The van der Waals surface area contributed by atoms with Crippen LogP contribution in [-0.2, 0) is 4.74 Å². The highest BCUT2D eigenvalue weighted by Crippen LogP contribution is 2.25. The van der Waals surface area contributed by atoms with E-state index in [0.717, 1.165) is 14.7 Å². The summed E-state index contributed by atoms with van der Waals surface area (Å²) in [6.45, 7) is 1.72. The van der Waals surface area contributed by atoms with Crippen molar-refractivity contribution in [2.45, 2.75) is 6.10 Å². The minimum Gasteiger partial charge on any atom is -0.370 e. The van der Waals surface area contributed by atoms with E-state index in [-0.39, 0.29) is 12.0 Å². The highest BCUT2D eigenvalue weighted by molar-refractivity contribution is 14.1. The number of hydrogen-bond acceptors (Lipinski definition) is 2. The summed E-state index contributed by atoms with van der Waals surface area (Å²) >= 11 is 8.12. The van der Waals surface area contributed by atoms with E-state index in [1.165, 1.54) is 0 Å². The highest BCUT2D eigenvalue weighted by Gasteiger charge is 2.26. The average molecular weight is 428 g/mol. The van der Waals surface area contributed by atoms with Gasteiger partial charge in [0.1, 0.15) is 6.10 Å². The fraction of sp³-hybridized carbons (Fsp3) is 0.235. The first-order valence-corrected chi connectivity index (χ1v) is 8.51. The molecule has 1 fully saturated rings. The van der Waals surface area contributed by atoms with Crippen molar-refractivity contribution in [1.29, 1.82) is 0 Å². The summed E-state index contributed by atoms with van der Waals surface area (Å²) in [5.74, 6) is 0.0623. The Balaban J connectivity index is 1.77. The van der Waals surface area contributed by atoms with Crippen LogP contribution in [0, 0.1) is 3.57 Å². The average Bonchev–Trinajstić information content (AvgIpc) is 2.55. The second kappa shape index (κ2) is 6.98. The molecule has 1 aliphatic heterocycles. The standard InChI is InChI=1S/C17H15ClINO2/c18-13-7-5-12(6-8-13)16-11-20(9-10-22-16)17(21)14-3-1-2-4-15(14)19/h1-8,16H,9-11H2. The molecule has 0 aromatic heterocycles. The zero-order chi connectivity index (χ0) is 15.5. The van der Waals surface area contributed by atoms with Crippen molar-refractivity contribution in [3.05, 3.63) is 68.3 Å². The summed E-state index contributed by atoms with van der Waals surface area (Å²) in [5.41, 5.74) is 1.80. The maximum atomic E-state index is 12.7. The van der Waals surface area contributed by atoms with Gasteiger partial charge in [0, 0.05) is 15.1 Å². The lowest BCUT2D eigenvalue weighted by Gasteiger charge is -2.33. The molecule has 1 saturated heterocycles. The quantitative estimate of drug-likeness (QED) is 0.674. The van der Waals surface area contributed by atoms with Crippen LogP contribution in [0.25, 0.3) is 0 Å². The van der Waals surface area contributed by atoms with Crippen molar-refractivity contribution in [3.63, 3.8) is 0 Å². The number of halogens is 2. The van der Waals surface area contributed by atoms with Crippen molar-refractivity contribution in [2.24, 2.45) is 0 Å². The molecule has 1 atom stereocenters. The molecular weight excluding hydrogens is 413 g/mol. The van der Waals surface area contributed by atoms with Crippen LogP contribution >= 0.6 is 34.2 Å². The van der Waals surface area contributed by atoms with E-state index in [1.54, 1.807) is 0 Å². The maximum Gasteiger partial charge on any atom is 0.255 e. The Morgan fingerprint density at radius 1 is 1.18 bits per heavy atom. The molecule has 22 heavy (non-hydrogen) atoms. The molecule has 0 bridgehead atoms. The first-order chi connectivity index (χ1) is 10.6. The Kier molecular flexibility index (Phi) is 5.00. The van der Waals surface area contributed by atoms with Crippen molar-refractivity contribution in [2.75, 3.05) is 19.7 Å². The summed E-state index contributed by atoms with van der Waals surface area (Å²) in [6.07, 6.45) is -0.101. The molecule has 3 rings (SSSR count). The third kappa shape index (κ3) is 3.45. The molecule has 2 aromatic rings. The number of ether oxygens (including phenoxy) is 1. The maximum absolute atomic E-state index is 12.7. The minimum absolute atomic E-state index is 0.0623. The number of amides is 1. The predicted molar refractivity (Wildman–Crippen MR) is 95.2 cm³/mol. The van der Waals surface area contributed by atoms with Crippen LogP contribution < -0.4 is 0 Å². The number of hydrogen-bond donors (Lipinski definition) is 0. The van der Waals surface area contributed by atoms with Gasteiger partial charge in [-0.1, -0.05) is 35.9 Å². The van der Waals surface area contributed by atoms with Gasteiger partial charge in [0.25, 0.3) is 5.91 Å². The van der Waals surface area contributed by atoms with Crippen molar-refractivity contribution in [1.82, 2.24) is 4.90 Å². The molecule has 0 radical (unpaired) electrons. The fourth-order valence-corrected chi connectivity index (χ4v) is 3.26. The van der Waals surface area contributed by atoms with E-state index < -0.39 is 0 Å². The van der Waals surface area contributed by atoms with E-state index in [9.17, 15) is 4.79 Å². The number of morpholine rings is 1. The Hall–Kier alpha value is -1.11. The number of carbonyl (C=O) groups is 1. The Morgan fingerprint density at radius 3 is 2.64 bits per heavy atom. The lowest BCUT2D eigenvalue weighted by Crippen LogP contribution is -2.42. The Morgan fingerprint density at radius 2 is 1.91 bits per heavy atom. The number of carbonyl (C=O) groups excluding carboxylic acids is 1. The summed E-state index contributed by atoms with van der Waals surface area (Å²) in [6, 6.07) is 15.3. The van der Waals surface area contributed by atoms with Gasteiger partial charge in [-0.3, -0.25) is 4.79 Å². The molecular formula is C17H15ClINO2. The smallest absolute Gasteiger partial charge is 0.255 e. The summed E-state index contributed by atoms with van der Waals surface area (Å²) in [4.78, 5) is 14.6. The van der Waals surface area contributed by atoms with Crippen LogP contribution in [0.3, 0.4) is 0 Å². The van der Waals surface area contributed by atoms with Gasteiger partial charge in [-0.25, -0.2) is 0 Å². The van der Waals surface area contributed by atoms with Crippen LogP contribution in [0.5, 0.6) is 0 Å². The summed E-state index contributed by atoms with van der Waals surface area (Å²) < 4.78 is 6.78. The molecule has 0 saturated carbocycles. The third-order valence-electron chi connectivity index (χ3n) is 3.70. The predicted octanol–water partition coefficient (Wildman–Crippen LogP) is 4.16. The van der Waals surface area contributed by atoms with Gasteiger partial charge in [-0.15, -0.1) is 0 Å². The number of benzene rings is 2. The van der Waals surface area contributed by atoms with Crippen molar-refractivity contribution in [3.8, 4) is 0 Å². The topological polar surface area (TPSA) is 29.5 Å². The Bertz CT molecular complexity index is 675. The van der Waals surface area contributed by atoms with Gasteiger partial charge >= 0.3 is 0 Å². The van der Waals surface area contributed by atoms with Crippen LogP contribution in [-0.4, -0.2) is 30.5 Å². The largest absolute Gasteiger partial charge is 0.370 e. The van der Waals surface area contributed by atoms with E-state index in [0.29, 0.717) is 24.7 Å². The lowest BCUT2D eigenvalue weighted by molar-refractivity contribution is -0.0228. The molecule has 1 unspecified atom stereocenters. The van der Waals surface area contributed by atoms with Crippen LogP contribution in [0.2, 0.25) is 5.02 Å². The summed E-state index contributed by atoms with van der Waals surface area (Å²) in [7, 11) is 0. The molecule has 0 aliphatic carbocycles. The number of rotatable bonds is 2. The van der Waals surface area contributed by atoms with Gasteiger partial charge in [0.2, 0.25) is 0 Å². The third-order valence-corrected chi connectivity index (χ3v) is 4.89. The van der Waals surface area contributed by atoms with Gasteiger partial charge < -0.3 is 9.64 Å². The van der Waals surface area contributed by atoms with E-state index >= 15 is 0 Å². The first kappa shape index (κ1) is 15.8. The number of nitrogens with zero attached hydrogens (tertiary/aromatic N) is 1. The van der Waals surface area contributed by atoms with E-state index in [4.69, 9.17) is 16.3 Å². The SMILES string of the molecule is O=C(c1ccccc1I)N1CCOC(c2ccc(Cl)cc2)C1. The molecule has 114 valence electrons. The second-order valence-electron chi connectivity index (χ2n) is 5.14. The molecule has 0 N–H and O–H groups in total. The second-order valence-corrected chi connectivity index (χ2v) is 6.74. The normalized spacial score (nSPS) is 18.3. The molecule has 0 spiro atoms. The Labute approximate surface area is 148 Å². The molecule has 3 nitrogen and oxygen atoms in total. The molecule has 5 heteroatoms. The monoisotopic (exact) mass is 427 g/mol.